The van der Waals surface area contributed by atoms with E-state index in [1.165, 1.54) is 0 Å². The van der Waals surface area contributed by atoms with Crippen molar-refractivity contribution in [1.82, 2.24) is 5.32 Å². The molecule has 2 saturated heterocycles. The number of anilines is 2. The third kappa shape index (κ3) is 4.03. The Morgan fingerprint density at radius 3 is 2.78 bits per heavy atom. The molecule has 2 N–H and O–H groups in total. The molecular formula is C17H24ClN3O2. The van der Waals surface area contributed by atoms with Gasteiger partial charge in [-0.25, -0.2) is 0 Å². The Bertz CT molecular complexity index is 575. The molecule has 0 spiro atoms. The van der Waals surface area contributed by atoms with Crippen LogP contribution in [0.2, 0.25) is 0 Å². The van der Waals surface area contributed by atoms with E-state index in [0.717, 1.165) is 43.9 Å². The van der Waals surface area contributed by atoms with Crippen molar-refractivity contribution in [3.63, 3.8) is 0 Å². The Morgan fingerprint density at radius 2 is 2.13 bits per heavy atom. The predicted molar refractivity (Wildman–Crippen MR) is 94.0 cm³/mol. The second-order valence-electron chi connectivity index (χ2n) is 6.25. The van der Waals surface area contributed by atoms with Gasteiger partial charge in [0.25, 0.3) is 0 Å². The van der Waals surface area contributed by atoms with Crippen molar-refractivity contribution >= 4 is 35.6 Å². The Hall–Kier alpha value is -1.59. The van der Waals surface area contributed by atoms with Gasteiger partial charge in [-0.15, -0.1) is 12.4 Å². The lowest BCUT2D eigenvalue weighted by atomic mass is 9.88. The molecule has 2 aliphatic heterocycles. The van der Waals surface area contributed by atoms with Crippen LogP contribution in [0.3, 0.4) is 0 Å². The summed E-state index contributed by atoms with van der Waals surface area (Å²) in [6.07, 6.45) is 2.62. The predicted octanol–water partition coefficient (Wildman–Crippen LogP) is 2.42. The highest BCUT2D eigenvalue weighted by atomic mass is 35.5. The maximum atomic E-state index is 12.3. The number of carbonyl (C=O) groups excluding carboxylic acids is 2. The third-order valence-corrected chi connectivity index (χ3v) is 4.68. The molecule has 23 heavy (non-hydrogen) atoms. The molecule has 2 heterocycles. The van der Waals surface area contributed by atoms with Gasteiger partial charge in [-0.3, -0.25) is 9.59 Å². The molecule has 1 aromatic rings. The largest absolute Gasteiger partial charge is 0.326 e. The topological polar surface area (TPSA) is 61.4 Å². The highest BCUT2D eigenvalue weighted by Crippen LogP contribution is 2.25. The number of hydrogen-bond acceptors (Lipinski definition) is 3. The molecule has 2 aliphatic rings. The van der Waals surface area contributed by atoms with Gasteiger partial charge in [0.15, 0.2) is 0 Å². The van der Waals surface area contributed by atoms with E-state index >= 15 is 0 Å². The summed E-state index contributed by atoms with van der Waals surface area (Å²) < 4.78 is 0. The van der Waals surface area contributed by atoms with Crippen molar-refractivity contribution in [3.8, 4) is 0 Å². The van der Waals surface area contributed by atoms with Gasteiger partial charge >= 0.3 is 0 Å². The van der Waals surface area contributed by atoms with Crippen LogP contribution in [0.15, 0.2) is 24.3 Å². The molecule has 0 saturated carbocycles. The van der Waals surface area contributed by atoms with Gasteiger partial charge in [0.2, 0.25) is 11.8 Å². The van der Waals surface area contributed by atoms with E-state index in [9.17, 15) is 9.59 Å². The van der Waals surface area contributed by atoms with E-state index in [2.05, 4.69) is 10.6 Å². The molecule has 0 aliphatic carbocycles. The summed E-state index contributed by atoms with van der Waals surface area (Å²) in [6, 6.07) is 7.59. The molecule has 5 nitrogen and oxygen atoms in total. The Balaban J connectivity index is 0.00000192. The van der Waals surface area contributed by atoms with E-state index < -0.39 is 0 Å². The zero-order valence-electron chi connectivity index (χ0n) is 13.4. The number of benzene rings is 1. The van der Waals surface area contributed by atoms with Crippen LogP contribution >= 0.6 is 12.4 Å². The lowest BCUT2D eigenvalue weighted by Crippen LogP contribution is -2.48. The number of hydrogen-bond donors (Lipinski definition) is 2. The van der Waals surface area contributed by atoms with Crippen molar-refractivity contribution in [3.05, 3.63) is 24.3 Å². The molecular weight excluding hydrogens is 314 g/mol. The van der Waals surface area contributed by atoms with Gasteiger partial charge in [0.1, 0.15) is 0 Å². The first kappa shape index (κ1) is 17.8. The lowest BCUT2D eigenvalue weighted by Gasteiger charge is -2.32. The molecule has 0 aromatic heterocycles. The average molecular weight is 338 g/mol. The minimum Gasteiger partial charge on any atom is -0.326 e. The monoisotopic (exact) mass is 337 g/mol. The summed E-state index contributed by atoms with van der Waals surface area (Å²) >= 11 is 0. The first-order valence-corrected chi connectivity index (χ1v) is 8.07. The minimum atomic E-state index is 0. The summed E-state index contributed by atoms with van der Waals surface area (Å²) in [7, 11) is 0. The standard InChI is InChI=1S/C17H23N3O2.ClH/c1-12(13-10-18-11-13)17(22)19-14-5-4-6-15(9-14)20-8-3-2-7-16(20)21;/h4-6,9,12-13,18H,2-3,7-8,10-11H2,1H3,(H,19,22);1H. The molecule has 3 rings (SSSR count). The van der Waals surface area contributed by atoms with Crippen LogP contribution in [-0.2, 0) is 9.59 Å². The fraction of sp³-hybridized carbons (Fsp3) is 0.529. The smallest absolute Gasteiger partial charge is 0.227 e. The van der Waals surface area contributed by atoms with Crippen LogP contribution in [0.5, 0.6) is 0 Å². The fourth-order valence-electron chi connectivity index (χ4n) is 2.97. The second-order valence-corrected chi connectivity index (χ2v) is 6.25. The first-order chi connectivity index (χ1) is 10.6. The lowest BCUT2D eigenvalue weighted by molar-refractivity contribution is -0.121. The Kier molecular flexibility index (Phi) is 6.02. The summed E-state index contributed by atoms with van der Waals surface area (Å²) in [5.41, 5.74) is 1.64. The number of carbonyl (C=O) groups is 2. The highest BCUT2D eigenvalue weighted by Gasteiger charge is 2.28. The second kappa shape index (κ2) is 7.79. The van der Waals surface area contributed by atoms with Gasteiger partial charge in [0, 0.05) is 30.3 Å². The summed E-state index contributed by atoms with van der Waals surface area (Å²) in [5.74, 6) is 0.644. The van der Waals surface area contributed by atoms with Crippen LogP contribution < -0.4 is 15.5 Å². The SMILES string of the molecule is CC(C(=O)Nc1cccc(N2CCCCC2=O)c1)C1CNC1.Cl. The number of halogens is 1. The highest BCUT2D eigenvalue weighted by molar-refractivity contribution is 5.96. The number of piperidine rings is 1. The minimum absolute atomic E-state index is 0. The summed E-state index contributed by atoms with van der Waals surface area (Å²) in [5, 5.41) is 6.17. The van der Waals surface area contributed by atoms with Gasteiger partial charge in [-0.05, 0) is 50.0 Å². The molecule has 1 atom stereocenters. The molecule has 1 unspecified atom stereocenters. The van der Waals surface area contributed by atoms with Gasteiger partial charge in [0.05, 0.1) is 0 Å². The summed E-state index contributed by atoms with van der Waals surface area (Å²) in [6.45, 7) is 4.56. The maximum absolute atomic E-state index is 12.3. The molecule has 0 radical (unpaired) electrons. The number of amides is 2. The molecule has 1 aromatic carbocycles. The van der Waals surface area contributed by atoms with Crippen molar-refractivity contribution in [1.29, 1.82) is 0 Å². The van der Waals surface area contributed by atoms with E-state index in [1.54, 1.807) is 0 Å². The number of nitrogens with zero attached hydrogens (tertiary/aromatic N) is 1. The molecule has 2 fully saturated rings. The van der Waals surface area contributed by atoms with E-state index in [-0.39, 0.29) is 30.1 Å². The van der Waals surface area contributed by atoms with Gasteiger partial charge in [-0.1, -0.05) is 13.0 Å². The van der Waals surface area contributed by atoms with Gasteiger partial charge in [-0.2, -0.15) is 0 Å². The van der Waals surface area contributed by atoms with Crippen molar-refractivity contribution in [2.24, 2.45) is 11.8 Å². The molecule has 2 amide bonds. The van der Waals surface area contributed by atoms with Crippen LogP contribution in [0.25, 0.3) is 0 Å². The first-order valence-electron chi connectivity index (χ1n) is 8.07. The third-order valence-electron chi connectivity index (χ3n) is 4.68. The average Bonchev–Trinajstić information content (AvgIpc) is 2.46. The van der Waals surface area contributed by atoms with Crippen molar-refractivity contribution in [2.45, 2.75) is 26.2 Å². The fourth-order valence-corrected chi connectivity index (χ4v) is 2.97. The van der Waals surface area contributed by atoms with Crippen LogP contribution in [-0.4, -0.2) is 31.4 Å². The van der Waals surface area contributed by atoms with E-state index in [4.69, 9.17) is 0 Å². The molecule has 126 valence electrons. The van der Waals surface area contributed by atoms with Crippen LogP contribution in [0.1, 0.15) is 26.2 Å². The van der Waals surface area contributed by atoms with Crippen LogP contribution in [0, 0.1) is 11.8 Å². The van der Waals surface area contributed by atoms with Crippen molar-refractivity contribution < 1.29 is 9.59 Å². The van der Waals surface area contributed by atoms with Crippen molar-refractivity contribution in [2.75, 3.05) is 29.9 Å². The normalized spacial score (nSPS) is 19.5. The Labute approximate surface area is 143 Å². The zero-order chi connectivity index (χ0) is 15.5. The quantitative estimate of drug-likeness (QED) is 0.887. The zero-order valence-corrected chi connectivity index (χ0v) is 14.2. The van der Waals surface area contributed by atoms with E-state index in [0.29, 0.717) is 12.3 Å². The maximum Gasteiger partial charge on any atom is 0.227 e. The summed E-state index contributed by atoms with van der Waals surface area (Å²) in [4.78, 5) is 26.1. The number of nitrogens with one attached hydrogen (secondary N) is 2. The number of rotatable bonds is 4. The Morgan fingerprint density at radius 1 is 1.35 bits per heavy atom. The molecule has 0 bridgehead atoms. The van der Waals surface area contributed by atoms with Gasteiger partial charge < -0.3 is 15.5 Å². The molecule has 6 heteroatoms. The van der Waals surface area contributed by atoms with E-state index in [1.807, 2.05) is 36.1 Å². The van der Waals surface area contributed by atoms with Crippen LogP contribution in [0.4, 0.5) is 11.4 Å².